The molecule has 0 radical (unpaired) electrons. The van der Waals surface area contributed by atoms with Gasteiger partial charge in [-0.2, -0.15) is 61.5 Å². The fraction of sp³-hybridized carbons (Fsp3) is 1.00. The van der Waals surface area contributed by atoms with Gasteiger partial charge in [0.05, 0.1) is 0 Å². The number of hydrogen-bond donors (Lipinski definition) is 0. The summed E-state index contributed by atoms with van der Waals surface area (Å²) >= 11 is 0. The van der Waals surface area contributed by atoms with Gasteiger partial charge in [0, 0.05) is 0 Å². The van der Waals surface area contributed by atoms with Crippen LogP contribution in [0, 0.1) is 11.8 Å². The van der Waals surface area contributed by atoms with Crippen molar-refractivity contribution in [2.24, 2.45) is 11.8 Å². The van der Waals surface area contributed by atoms with Gasteiger partial charge in [-0.3, -0.25) is 0 Å². The minimum absolute atomic E-state index is 5.75. The molecule has 22 heavy (non-hydrogen) atoms. The number of halogens is 14. The van der Waals surface area contributed by atoms with Crippen LogP contribution in [0.3, 0.4) is 0 Å². The molecule has 14 heteroatoms. The van der Waals surface area contributed by atoms with Gasteiger partial charge in [-0.25, -0.2) is 0 Å². The third-order valence-corrected chi connectivity index (χ3v) is 3.05. The maximum atomic E-state index is 13.0. The molecular formula is C8H2F14. The molecule has 0 N–H and O–H groups in total. The van der Waals surface area contributed by atoms with Gasteiger partial charge in [-0.05, 0) is 0 Å². The molecule has 0 nitrogen and oxygen atoms in total. The Kier molecular flexibility index (Phi) is 3.73. The summed E-state index contributed by atoms with van der Waals surface area (Å²) in [5, 5.41) is 0. The van der Waals surface area contributed by atoms with E-state index in [0.717, 1.165) is 0 Å². The molecule has 0 bridgehead atoms. The Balaban J connectivity index is 3.80. The molecule has 0 heterocycles. The van der Waals surface area contributed by atoms with Crippen LogP contribution in [-0.4, -0.2) is 36.0 Å². The van der Waals surface area contributed by atoms with Crippen LogP contribution in [0.5, 0.6) is 0 Å². The van der Waals surface area contributed by atoms with Crippen molar-refractivity contribution in [1.29, 1.82) is 0 Å². The van der Waals surface area contributed by atoms with E-state index in [0.29, 0.717) is 0 Å². The van der Waals surface area contributed by atoms with Crippen LogP contribution in [0.4, 0.5) is 61.5 Å². The van der Waals surface area contributed by atoms with Crippen LogP contribution in [0.2, 0.25) is 0 Å². The Morgan fingerprint density at radius 2 is 0.636 bits per heavy atom. The topological polar surface area (TPSA) is 0 Å². The fourth-order valence-electron chi connectivity index (χ4n) is 2.02. The predicted molar refractivity (Wildman–Crippen MR) is 38.9 cm³/mol. The first-order chi connectivity index (χ1) is 9.24. The molecular weight excluding hydrogens is 362 g/mol. The van der Waals surface area contributed by atoms with Gasteiger partial charge in [-0.15, -0.1) is 0 Å². The SMILES string of the molecule is FC(F)(F)C1C(C(F)(F)F)C(F)(F)C(F)(F)C(F)(F)C1(F)F. The first-order valence-corrected chi connectivity index (χ1v) is 4.88. The summed E-state index contributed by atoms with van der Waals surface area (Å²) in [4.78, 5) is 0. The maximum Gasteiger partial charge on any atom is 0.398 e. The lowest BCUT2D eigenvalue weighted by Crippen LogP contribution is -2.77. The largest absolute Gasteiger partial charge is 0.398 e. The van der Waals surface area contributed by atoms with Crippen LogP contribution < -0.4 is 0 Å². The highest BCUT2D eigenvalue weighted by atomic mass is 19.4. The molecule has 0 aromatic rings. The summed E-state index contributed by atoms with van der Waals surface area (Å²) in [7, 11) is 0. The van der Waals surface area contributed by atoms with E-state index in [1.807, 2.05) is 0 Å². The van der Waals surface area contributed by atoms with E-state index in [1.165, 1.54) is 0 Å². The number of alkyl halides is 14. The summed E-state index contributed by atoms with van der Waals surface area (Å²) in [6.45, 7) is 0. The van der Waals surface area contributed by atoms with E-state index >= 15 is 0 Å². The molecule has 1 aliphatic rings. The molecule has 132 valence electrons. The maximum absolute atomic E-state index is 13.0. The third-order valence-electron chi connectivity index (χ3n) is 3.05. The summed E-state index contributed by atoms with van der Waals surface area (Å²) in [6, 6.07) is 0. The summed E-state index contributed by atoms with van der Waals surface area (Å²) < 4.78 is 177. The number of hydrogen-bond acceptors (Lipinski definition) is 0. The van der Waals surface area contributed by atoms with Gasteiger partial charge in [0.15, 0.2) is 0 Å². The smallest absolute Gasteiger partial charge is 0.199 e. The molecule has 2 unspecified atom stereocenters. The summed E-state index contributed by atoms with van der Waals surface area (Å²) in [5.41, 5.74) is 0. The van der Waals surface area contributed by atoms with E-state index < -0.39 is 47.9 Å². The molecule has 0 saturated heterocycles. The minimum Gasteiger partial charge on any atom is -0.199 e. The Bertz CT molecular complexity index is 397. The van der Waals surface area contributed by atoms with Crippen molar-refractivity contribution >= 4 is 0 Å². The Hall–Kier alpha value is -0.980. The Labute approximate surface area is 111 Å². The van der Waals surface area contributed by atoms with Gasteiger partial charge in [0.1, 0.15) is 11.8 Å². The van der Waals surface area contributed by atoms with Crippen molar-refractivity contribution < 1.29 is 61.5 Å². The second-order valence-corrected chi connectivity index (χ2v) is 4.43. The van der Waals surface area contributed by atoms with E-state index in [2.05, 4.69) is 0 Å². The molecule has 1 saturated carbocycles. The van der Waals surface area contributed by atoms with Gasteiger partial charge >= 0.3 is 36.0 Å². The van der Waals surface area contributed by atoms with Crippen LogP contribution in [0.1, 0.15) is 0 Å². The van der Waals surface area contributed by atoms with Crippen LogP contribution in [0.25, 0.3) is 0 Å². The van der Waals surface area contributed by atoms with E-state index in [9.17, 15) is 61.5 Å². The first kappa shape index (κ1) is 19.1. The second-order valence-electron chi connectivity index (χ2n) is 4.43. The van der Waals surface area contributed by atoms with Crippen LogP contribution >= 0.6 is 0 Å². The van der Waals surface area contributed by atoms with Crippen molar-refractivity contribution in [3.63, 3.8) is 0 Å². The third kappa shape index (κ3) is 2.12. The van der Waals surface area contributed by atoms with Crippen LogP contribution in [0.15, 0.2) is 0 Å². The lowest BCUT2D eigenvalue weighted by Gasteiger charge is -2.50. The normalized spacial score (nSPS) is 33.5. The van der Waals surface area contributed by atoms with Crippen molar-refractivity contribution in [2.45, 2.75) is 36.0 Å². The fourth-order valence-corrected chi connectivity index (χ4v) is 2.02. The quantitative estimate of drug-likeness (QED) is 0.537. The van der Waals surface area contributed by atoms with E-state index in [4.69, 9.17) is 0 Å². The zero-order valence-corrected chi connectivity index (χ0v) is 9.45. The Morgan fingerprint density at radius 1 is 0.455 bits per heavy atom. The second kappa shape index (κ2) is 4.30. The zero-order chi connectivity index (χ0) is 18.2. The van der Waals surface area contributed by atoms with Gasteiger partial charge in [0.2, 0.25) is 0 Å². The number of rotatable bonds is 0. The standard InChI is InChI=1S/C8H2F14/c9-3(10)1(5(13,14)15)2(6(16,17)18)4(11,12)8(21,22)7(3,19)20/h1-2H. The lowest BCUT2D eigenvalue weighted by atomic mass is 9.69. The van der Waals surface area contributed by atoms with Crippen molar-refractivity contribution in [2.75, 3.05) is 0 Å². The van der Waals surface area contributed by atoms with E-state index in [1.54, 1.807) is 0 Å². The van der Waals surface area contributed by atoms with Crippen molar-refractivity contribution in [1.82, 2.24) is 0 Å². The molecule has 0 aromatic carbocycles. The highest BCUT2D eigenvalue weighted by molar-refractivity contribution is 5.17. The lowest BCUT2D eigenvalue weighted by molar-refractivity contribution is -0.472. The van der Waals surface area contributed by atoms with E-state index in [-0.39, 0.29) is 0 Å². The molecule has 0 amide bonds. The highest BCUT2D eigenvalue weighted by Gasteiger charge is 2.94. The van der Waals surface area contributed by atoms with Crippen LogP contribution in [-0.2, 0) is 0 Å². The molecule has 2 atom stereocenters. The van der Waals surface area contributed by atoms with Crippen molar-refractivity contribution in [3.8, 4) is 0 Å². The molecule has 0 aromatic heterocycles. The molecule has 0 aliphatic heterocycles. The first-order valence-electron chi connectivity index (χ1n) is 4.88. The van der Waals surface area contributed by atoms with Gasteiger partial charge in [0.25, 0.3) is 0 Å². The molecule has 0 spiro atoms. The zero-order valence-electron chi connectivity index (χ0n) is 9.45. The molecule has 1 aliphatic carbocycles. The average molecular weight is 364 g/mol. The monoisotopic (exact) mass is 364 g/mol. The Morgan fingerprint density at radius 3 is 0.773 bits per heavy atom. The van der Waals surface area contributed by atoms with Crippen molar-refractivity contribution in [3.05, 3.63) is 0 Å². The summed E-state index contributed by atoms with van der Waals surface area (Å²) in [5.74, 6) is -40.4. The molecule has 1 rings (SSSR count). The predicted octanol–water partition coefficient (Wildman–Crippen LogP) is 4.90. The van der Waals surface area contributed by atoms with Gasteiger partial charge < -0.3 is 0 Å². The summed E-state index contributed by atoms with van der Waals surface area (Å²) in [6.07, 6.45) is -13.9. The highest BCUT2D eigenvalue weighted by Crippen LogP contribution is 2.69. The van der Waals surface area contributed by atoms with Gasteiger partial charge in [-0.1, -0.05) is 0 Å². The molecule has 1 fully saturated rings. The minimum atomic E-state index is -7.36. The average Bonchev–Trinajstić information content (AvgIpc) is 2.19.